The highest BCUT2D eigenvalue weighted by Gasteiger charge is 2.09. The molecule has 0 spiro atoms. The number of aromatic amines is 1. The number of aliphatic imine (C=N–C) groups is 1. The maximum Gasteiger partial charge on any atom is 0.330 e. The molecule has 2 rings (SSSR count). The number of H-pyrrole nitrogens is 1. The van der Waals surface area contributed by atoms with Crippen LogP contribution in [0.2, 0.25) is 5.02 Å². The average Bonchev–Trinajstić information content (AvgIpc) is 2.40. The van der Waals surface area contributed by atoms with Crippen LogP contribution in [-0.2, 0) is 7.05 Å². The summed E-state index contributed by atoms with van der Waals surface area (Å²) in [5.74, 6) is -0.444. The minimum atomic E-state index is -0.701. The van der Waals surface area contributed by atoms with Crippen LogP contribution in [0.5, 0.6) is 5.88 Å². The Balaban J connectivity index is 2.47. The molecule has 1 heterocycles. The number of aromatic nitrogens is 2. The van der Waals surface area contributed by atoms with Crippen LogP contribution < -0.4 is 11.2 Å². The first kappa shape index (κ1) is 14.1. The molecular weight excluding hydrogens is 282 g/mol. The van der Waals surface area contributed by atoms with Crippen molar-refractivity contribution in [1.29, 1.82) is 0 Å². The molecule has 0 fully saturated rings. The van der Waals surface area contributed by atoms with E-state index in [-0.39, 0.29) is 5.56 Å². The minimum Gasteiger partial charge on any atom is -0.494 e. The summed E-state index contributed by atoms with van der Waals surface area (Å²) in [6.45, 7) is 1.86. The fourth-order valence-electron chi connectivity index (χ4n) is 1.54. The Morgan fingerprint density at radius 2 is 2.10 bits per heavy atom. The second-order valence-electron chi connectivity index (χ2n) is 4.25. The molecule has 104 valence electrons. The van der Waals surface area contributed by atoms with Gasteiger partial charge in [0.15, 0.2) is 0 Å². The number of aryl methyl sites for hydroxylation is 1. The van der Waals surface area contributed by atoms with Gasteiger partial charge in [-0.15, -0.1) is 0 Å². The zero-order valence-corrected chi connectivity index (χ0v) is 11.6. The Morgan fingerprint density at radius 1 is 1.40 bits per heavy atom. The van der Waals surface area contributed by atoms with E-state index in [0.29, 0.717) is 10.7 Å². The summed E-state index contributed by atoms with van der Waals surface area (Å²) in [5.41, 5.74) is -0.0407. The van der Waals surface area contributed by atoms with Gasteiger partial charge in [-0.1, -0.05) is 17.7 Å². The van der Waals surface area contributed by atoms with Gasteiger partial charge in [0.05, 0.1) is 5.69 Å². The Bertz CT molecular complexity index is 805. The quantitative estimate of drug-likeness (QED) is 0.822. The first-order valence-corrected chi connectivity index (χ1v) is 6.10. The first-order valence-electron chi connectivity index (χ1n) is 5.72. The van der Waals surface area contributed by atoms with E-state index in [1.165, 1.54) is 13.3 Å². The Kier molecular flexibility index (Phi) is 3.76. The van der Waals surface area contributed by atoms with E-state index in [0.717, 1.165) is 10.1 Å². The Labute approximate surface area is 119 Å². The van der Waals surface area contributed by atoms with E-state index >= 15 is 0 Å². The highest BCUT2D eigenvalue weighted by molar-refractivity contribution is 6.31. The van der Waals surface area contributed by atoms with Crippen molar-refractivity contribution in [3.05, 3.63) is 55.2 Å². The smallest absolute Gasteiger partial charge is 0.330 e. The van der Waals surface area contributed by atoms with E-state index < -0.39 is 17.1 Å². The number of halogens is 1. The molecule has 1 aromatic carbocycles. The summed E-state index contributed by atoms with van der Waals surface area (Å²) in [7, 11) is 1.34. The number of benzene rings is 1. The van der Waals surface area contributed by atoms with Crippen molar-refractivity contribution >= 4 is 23.5 Å². The number of hydrogen-bond donors (Lipinski definition) is 2. The topological polar surface area (TPSA) is 87.4 Å². The molecule has 0 saturated carbocycles. The van der Waals surface area contributed by atoms with Crippen LogP contribution in [-0.4, -0.2) is 20.9 Å². The molecule has 2 N–H and O–H groups in total. The van der Waals surface area contributed by atoms with Gasteiger partial charge in [-0.3, -0.25) is 19.3 Å². The third kappa shape index (κ3) is 2.65. The van der Waals surface area contributed by atoms with Crippen LogP contribution in [0.4, 0.5) is 5.69 Å². The van der Waals surface area contributed by atoms with Crippen molar-refractivity contribution < 1.29 is 5.11 Å². The third-order valence-corrected chi connectivity index (χ3v) is 3.23. The van der Waals surface area contributed by atoms with Gasteiger partial charge in [-0.25, -0.2) is 4.79 Å². The highest BCUT2D eigenvalue weighted by atomic mass is 35.5. The second kappa shape index (κ2) is 5.34. The number of nitrogens with one attached hydrogen (secondary N) is 1. The van der Waals surface area contributed by atoms with Crippen molar-refractivity contribution in [2.45, 2.75) is 6.92 Å². The number of aromatic hydroxyl groups is 1. The van der Waals surface area contributed by atoms with Crippen molar-refractivity contribution in [1.82, 2.24) is 9.55 Å². The van der Waals surface area contributed by atoms with E-state index in [2.05, 4.69) is 9.98 Å². The molecule has 0 atom stereocenters. The van der Waals surface area contributed by atoms with Gasteiger partial charge in [0, 0.05) is 18.3 Å². The van der Waals surface area contributed by atoms with E-state index in [4.69, 9.17) is 11.6 Å². The van der Waals surface area contributed by atoms with Crippen LogP contribution in [0.25, 0.3) is 0 Å². The lowest BCUT2D eigenvalue weighted by atomic mass is 10.2. The Morgan fingerprint density at radius 3 is 2.75 bits per heavy atom. The van der Waals surface area contributed by atoms with Gasteiger partial charge in [-0.2, -0.15) is 0 Å². The zero-order valence-electron chi connectivity index (χ0n) is 10.8. The predicted octanol–water partition coefficient (Wildman–Crippen LogP) is 1.49. The maximum atomic E-state index is 11.6. The zero-order chi connectivity index (χ0) is 14.9. The fraction of sp³-hybridized carbons (Fsp3) is 0.154. The summed E-state index contributed by atoms with van der Waals surface area (Å²) in [6, 6.07) is 5.16. The minimum absolute atomic E-state index is 0.0937. The standard InChI is InChI=1S/C13H12ClN3O3/c1-7-3-4-8(5-10(7)14)15-6-9-11(18)16-13(20)17(2)12(9)19/h3-6,19H,1-2H3,(H,16,18,20). The van der Waals surface area contributed by atoms with Crippen LogP contribution >= 0.6 is 11.6 Å². The SMILES string of the molecule is Cc1ccc(N=Cc2c(O)n(C)c(=O)[nH]c2=O)cc1Cl. The van der Waals surface area contributed by atoms with Gasteiger partial charge in [0.1, 0.15) is 5.56 Å². The van der Waals surface area contributed by atoms with Crippen molar-refractivity contribution in [3.8, 4) is 5.88 Å². The Hall–Kier alpha value is -2.34. The maximum absolute atomic E-state index is 11.6. The highest BCUT2D eigenvalue weighted by Crippen LogP contribution is 2.22. The van der Waals surface area contributed by atoms with E-state index in [1.54, 1.807) is 18.2 Å². The van der Waals surface area contributed by atoms with Crippen molar-refractivity contribution in [2.75, 3.05) is 0 Å². The molecule has 0 amide bonds. The summed E-state index contributed by atoms with van der Waals surface area (Å²) < 4.78 is 0.922. The molecule has 0 bridgehead atoms. The van der Waals surface area contributed by atoms with Gasteiger partial charge in [0.2, 0.25) is 5.88 Å². The molecule has 0 radical (unpaired) electrons. The molecule has 1 aromatic heterocycles. The second-order valence-corrected chi connectivity index (χ2v) is 4.65. The lowest BCUT2D eigenvalue weighted by Gasteiger charge is -2.03. The number of nitrogens with zero attached hydrogens (tertiary/aromatic N) is 2. The molecule has 6 nitrogen and oxygen atoms in total. The summed E-state index contributed by atoms with van der Waals surface area (Å²) >= 11 is 5.97. The lowest BCUT2D eigenvalue weighted by Crippen LogP contribution is -2.30. The average molecular weight is 294 g/mol. The van der Waals surface area contributed by atoms with Gasteiger partial charge < -0.3 is 5.11 Å². The molecular formula is C13H12ClN3O3. The number of hydrogen-bond acceptors (Lipinski definition) is 4. The molecule has 7 heteroatoms. The normalized spacial score (nSPS) is 11.2. The molecule has 0 aliphatic rings. The molecule has 20 heavy (non-hydrogen) atoms. The molecule has 0 aliphatic heterocycles. The third-order valence-electron chi connectivity index (χ3n) is 2.83. The lowest BCUT2D eigenvalue weighted by molar-refractivity contribution is 0.417. The number of rotatable bonds is 2. The molecule has 0 unspecified atom stereocenters. The van der Waals surface area contributed by atoms with Crippen LogP contribution in [0, 0.1) is 6.92 Å². The van der Waals surface area contributed by atoms with Gasteiger partial charge >= 0.3 is 5.69 Å². The largest absolute Gasteiger partial charge is 0.494 e. The van der Waals surface area contributed by atoms with Crippen LogP contribution in [0.3, 0.4) is 0 Å². The predicted molar refractivity (Wildman–Crippen MR) is 77.4 cm³/mol. The molecule has 0 saturated heterocycles. The van der Waals surface area contributed by atoms with Gasteiger partial charge in [0.25, 0.3) is 5.56 Å². The molecule has 0 aliphatic carbocycles. The van der Waals surface area contributed by atoms with Crippen molar-refractivity contribution in [2.24, 2.45) is 12.0 Å². The van der Waals surface area contributed by atoms with Gasteiger partial charge in [-0.05, 0) is 24.6 Å². The van der Waals surface area contributed by atoms with Crippen LogP contribution in [0.15, 0.2) is 32.8 Å². The monoisotopic (exact) mass is 293 g/mol. The van der Waals surface area contributed by atoms with Crippen molar-refractivity contribution in [3.63, 3.8) is 0 Å². The van der Waals surface area contributed by atoms with E-state index in [1.807, 2.05) is 6.92 Å². The summed E-state index contributed by atoms with van der Waals surface area (Å²) in [5, 5.41) is 10.3. The summed E-state index contributed by atoms with van der Waals surface area (Å²) in [4.78, 5) is 29.0. The molecule has 2 aromatic rings. The van der Waals surface area contributed by atoms with E-state index in [9.17, 15) is 14.7 Å². The fourth-order valence-corrected chi connectivity index (χ4v) is 1.72. The summed E-state index contributed by atoms with van der Waals surface area (Å²) in [6.07, 6.45) is 1.19. The first-order chi connectivity index (χ1) is 9.40. The van der Waals surface area contributed by atoms with Crippen LogP contribution in [0.1, 0.15) is 11.1 Å².